The van der Waals surface area contributed by atoms with Gasteiger partial charge in [-0.05, 0) is 11.6 Å². The van der Waals surface area contributed by atoms with Gasteiger partial charge >= 0.3 is 6.03 Å². The molecule has 2 rings (SSSR count). The van der Waals surface area contributed by atoms with Crippen LogP contribution in [0.4, 0.5) is 4.79 Å². The molecule has 110 valence electrons. The highest BCUT2D eigenvalue weighted by atomic mass is 35.5. The maximum atomic E-state index is 11.9. The molecule has 0 spiro atoms. The predicted molar refractivity (Wildman–Crippen MR) is 71.2 cm³/mol. The number of hydrogen-bond acceptors (Lipinski definition) is 5. The molecule has 1 fully saturated rings. The number of urea groups is 1. The number of carbonyl (C=O) groups is 3. The minimum Gasteiger partial charge on any atom is -0.277 e. The molecule has 0 aliphatic carbocycles. The number of carbonyl (C=O) groups excluding carboxylic acids is 3. The summed E-state index contributed by atoms with van der Waals surface area (Å²) >= 11 is 5.99. The number of benzene rings is 1. The molecule has 1 aromatic carbocycles. The monoisotopic (exact) mass is 311 g/mol. The van der Waals surface area contributed by atoms with Crippen LogP contribution in [0.15, 0.2) is 24.3 Å². The van der Waals surface area contributed by atoms with Crippen molar-refractivity contribution in [2.75, 3.05) is 6.54 Å². The van der Waals surface area contributed by atoms with Crippen molar-refractivity contribution in [3.63, 3.8) is 0 Å². The predicted octanol–water partition coefficient (Wildman–Crippen LogP) is 0.683. The zero-order valence-corrected chi connectivity index (χ0v) is 11.3. The van der Waals surface area contributed by atoms with Gasteiger partial charge in [-0.1, -0.05) is 29.8 Å². The first-order valence-electron chi connectivity index (χ1n) is 5.92. The van der Waals surface area contributed by atoms with E-state index >= 15 is 0 Å². The van der Waals surface area contributed by atoms with Crippen LogP contribution < -0.4 is 10.6 Å². The molecule has 0 saturated carbocycles. The lowest BCUT2D eigenvalue weighted by Gasteiger charge is -2.26. The van der Waals surface area contributed by atoms with Crippen molar-refractivity contribution in [2.24, 2.45) is 5.92 Å². The lowest BCUT2D eigenvalue weighted by atomic mass is 9.84. The van der Waals surface area contributed by atoms with Crippen LogP contribution in [0, 0.1) is 16.0 Å². The van der Waals surface area contributed by atoms with Crippen LogP contribution >= 0.6 is 11.6 Å². The van der Waals surface area contributed by atoms with Crippen LogP contribution in [0.3, 0.4) is 0 Å². The van der Waals surface area contributed by atoms with E-state index in [0.717, 1.165) is 0 Å². The Morgan fingerprint density at radius 2 is 1.76 bits per heavy atom. The Kier molecular flexibility index (Phi) is 4.18. The third-order valence-electron chi connectivity index (χ3n) is 3.09. The quantitative estimate of drug-likeness (QED) is 0.481. The van der Waals surface area contributed by atoms with E-state index in [4.69, 9.17) is 11.6 Å². The van der Waals surface area contributed by atoms with Crippen LogP contribution in [0.1, 0.15) is 11.5 Å². The number of amides is 4. The Labute approximate surface area is 123 Å². The van der Waals surface area contributed by atoms with Crippen molar-refractivity contribution in [3.05, 3.63) is 45.0 Å². The van der Waals surface area contributed by atoms with E-state index in [2.05, 4.69) is 0 Å². The summed E-state index contributed by atoms with van der Waals surface area (Å²) in [6.07, 6.45) is 0. The van der Waals surface area contributed by atoms with Crippen molar-refractivity contribution in [2.45, 2.75) is 5.92 Å². The fourth-order valence-corrected chi connectivity index (χ4v) is 2.49. The van der Waals surface area contributed by atoms with Crippen molar-refractivity contribution in [1.82, 2.24) is 10.6 Å². The van der Waals surface area contributed by atoms with Gasteiger partial charge in [0.25, 0.3) is 0 Å². The van der Waals surface area contributed by atoms with Gasteiger partial charge in [-0.3, -0.25) is 30.3 Å². The molecule has 1 aliphatic heterocycles. The number of nitrogens with one attached hydrogen (secondary N) is 2. The van der Waals surface area contributed by atoms with Gasteiger partial charge in [0, 0.05) is 9.95 Å². The molecule has 1 saturated heterocycles. The number of rotatable bonds is 4. The summed E-state index contributed by atoms with van der Waals surface area (Å²) in [6, 6.07) is 5.29. The molecule has 1 atom stereocenters. The third-order valence-corrected chi connectivity index (χ3v) is 3.44. The van der Waals surface area contributed by atoms with Gasteiger partial charge in [-0.15, -0.1) is 0 Å². The van der Waals surface area contributed by atoms with Gasteiger partial charge in [0.05, 0.1) is 5.92 Å². The molecule has 1 aliphatic rings. The molecule has 9 heteroatoms. The maximum Gasteiger partial charge on any atom is 0.328 e. The average molecular weight is 312 g/mol. The molecule has 2 N–H and O–H groups in total. The summed E-state index contributed by atoms with van der Waals surface area (Å²) in [5, 5.41) is 14.9. The summed E-state index contributed by atoms with van der Waals surface area (Å²) in [7, 11) is 0. The van der Waals surface area contributed by atoms with Gasteiger partial charge in [0.1, 0.15) is 5.92 Å². The molecule has 0 radical (unpaired) electrons. The second-order valence-corrected chi connectivity index (χ2v) is 4.84. The van der Waals surface area contributed by atoms with Crippen LogP contribution in [0.25, 0.3) is 0 Å². The van der Waals surface area contributed by atoms with E-state index < -0.39 is 41.1 Å². The molecular weight excluding hydrogens is 302 g/mol. The standard InChI is InChI=1S/C12H10ClN3O5/c13-8-4-2-1-3-6(8)7(5-16(20)21)9-10(17)14-12(19)15-11(9)18/h1-4,7,9H,5H2,(H2,14,15,17,18,19). The fourth-order valence-electron chi connectivity index (χ4n) is 2.21. The number of barbiturate groups is 1. The highest BCUT2D eigenvalue weighted by molar-refractivity contribution is 6.31. The van der Waals surface area contributed by atoms with Crippen LogP contribution in [-0.2, 0) is 9.59 Å². The molecular formula is C12H10ClN3O5. The first-order chi connectivity index (χ1) is 9.90. The Bertz CT molecular complexity index is 613. The minimum absolute atomic E-state index is 0.210. The second-order valence-electron chi connectivity index (χ2n) is 4.43. The van der Waals surface area contributed by atoms with E-state index in [0.29, 0.717) is 5.56 Å². The largest absolute Gasteiger partial charge is 0.328 e. The van der Waals surface area contributed by atoms with Gasteiger partial charge < -0.3 is 0 Å². The molecule has 21 heavy (non-hydrogen) atoms. The molecule has 4 amide bonds. The SMILES string of the molecule is O=C1NC(=O)C(C(C[N+](=O)[O-])c2ccccc2Cl)C(=O)N1. The Balaban J connectivity index is 2.43. The highest BCUT2D eigenvalue weighted by Gasteiger charge is 2.43. The maximum absolute atomic E-state index is 11.9. The number of nitrogens with zero attached hydrogens (tertiary/aromatic N) is 1. The average Bonchev–Trinajstić information content (AvgIpc) is 2.36. The molecule has 1 heterocycles. The summed E-state index contributed by atoms with van der Waals surface area (Å²) in [4.78, 5) is 45.0. The molecule has 1 aromatic rings. The highest BCUT2D eigenvalue weighted by Crippen LogP contribution is 2.32. The van der Waals surface area contributed by atoms with Crippen molar-refractivity contribution < 1.29 is 19.3 Å². The number of hydrogen-bond donors (Lipinski definition) is 2. The third kappa shape index (κ3) is 3.16. The normalized spacial score (nSPS) is 17.1. The van der Waals surface area contributed by atoms with E-state index in [1.54, 1.807) is 12.1 Å². The summed E-state index contributed by atoms with van der Waals surface area (Å²) in [5.41, 5.74) is 0.306. The van der Waals surface area contributed by atoms with E-state index in [9.17, 15) is 24.5 Å². The fraction of sp³-hybridized carbons (Fsp3) is 0.250. The van der Waals surface area contributed by atoms with E-state index in [1.165, 1.54) is 12.1 Å². The minimum atomic E-state index is -1.40. The first-order valence-corrected chi connectivity index (χ1v) is 6.30. The second kappa shape index (κ2) is 5.88. The lowest BCUT2D eigenvalue weighted by molar-refractivity contribution is -0.484. The first kappa shape index (κ1) is 14.9. The van der Waals surface area contributed by atoms with E-state index in [-0.39, 0.29) is 5.02 Å². The van der Waals surface area contributed by atoms with Crippen LogP contribution in [0.5, 0.6) is 0 Å². The zero-order valence-electron chi connectivity index (χ0n) is 10.5. The van der Waals surface area contributed by atoms with E-state index in [1.807, 2.05) is 10.6 Å². The summed E-state index contributed by atoms with van der Waals surface area (Å²) in [5.74, 6) is -4.22. The van der Waals surface area contributed by atoms with Gasteiger partial charge in [-0.2, -0.15) is 0 Å². The number of nitro groups is 1. The van der Waals surface area contributed by atoms with Gasteiger partial charge in [0.15, 0.2) is 0 Å². The summed E-state index contributed by atoms with van der Waals surface area (Å²) < 4.78 is 0. The molecule has 0 aromatic heterocycles. The smallest absolute Gasteiger partial charge is 0.277 e. The van der Waals surface area contributed by atoms with Crippen molar-refractivity contribution >= 4 is 29.4 Å². The zero-order chi connectivity index (χ0) is 15.6. The number of imide groups is 2. The number of halogens is 1. The van der Waals surface area contributed by atoms with Crippen molar-refractivity contribution in [1.29, 1.82) is 0 Å². The van der Waals surface area contributed by atoms with Gasteiger partial charge in [0.2, 0.25) is 18.4 Å². The lowest BCUT2D eigenvalue weighted by Crippen LogP contribution is -2.57. The molecule has 1 unspecified atom stereocenters. The Hall–Kier alpha value is -2.48. The van der Waals surface area contributed by atoms with Crippen LogP contribution in [-0.4, -0.2) is 29.3 Å². The molecule has 8 nitrogen and oxygen atoms in total. The van der Waals surface area contributed by atoms with Gasteiger partial charge in [-0.25, -0.2) is 4.79 Å². The topological polar surface area (TPSA) is 118 Å². The molecule has 0 bridgehead atoms. The Morgan fingerprint density at radius 3 is 2.29 bits per heavy atom. The summed E-state index contributed by atoms with van der Waals surface area (Å²) in [6.45, 7) is -0.663. The van der Waals surface area contributed by atoms with Crippen LogP contribution in [0.2, 0.25) is 5.02 Å². The van der Waals surface area contributed by atoms with Crippen molar-refractivity contribution in [3.8, 4) is 0 Å². The Morgan fingerprint density at radius 1 is 1.19 bits per heavy atom.